The minimum absolute atomic E-state index is 0.331. The highest BCUT2D eigenvalue weighted by molar-refractivity contribution is 6.59. The highest BCUT2D eigenvalue weighted by Crippen LogP contribution is 2.35. The summed E-state index contributed by atoms with van der Waals surface area (Å²) < 4.78 is 5.40. The maximum absolute atomic E-state index is 12.3. The zero-order chi connectivity index (χ0) is 19.1. The van der Waals surface area contributed by atoms with Gasteiger partial charge in [0.05, 0.1) is 5.56 Å². The van der Waals surface area contributed by atoms with Crippen molar-refractivity contribution in [1.82, 2.24) is 0 Å². The molecule has 142 valence electrons. The average Bonchev–Trinajstić information content (AvgIpc) is 2.70. The van der Waals surface area contributed by atoms with E-state index in [2.05, 4.69) is 18.7 Å². The molecule has 0 radical (unpaired) electrons. The number of carbonyl (C=O) groups excluding carboxylic acids is 1. The monoisotopic (exact) mass is 398 g/mol. The molecular weight excluding hydrogens is 372 g/mol. The van der Waals surface area contributed by atoms with Gasteiger partial charge < -0.3 is 4.74 Å². The van der Waals surface area contributed by atoms with Crippen molar-refractivity contribution >= 4 is 26.4 Å². The van der Waals surface area contributed by atoms with Crippen LogP contribution in [0.2, 0.25) is 23.2 Å². The Morgan fingerprint density at radius 2 is 1.78 bits per heavy atom. The lowest BCUT2D eigenvalue weighted by Gasteiger charge is -2.28. The van der Waals surface area contributed by atoms with E-state index >= 15 is 0 Å². The lowest BCUT2D eigenvalue weighted by atomic mass is 9.93. The summed E-state index contributed by atoms with van der Waals surface area (Å²) >= 11 is 5.86. The molecule has 1 aliphatic rings. The molecule has 0 aliphatic carbocycles. The van der Waals surface area contributed by atoms with E-state index in [1.165, 1.54) is 49.4 Å². The van der Waals surface area contributed by atoms with Gasteiger partial charge in [0.2, 0.25) is 0 Å². The highest BCUT2D eigenvalue weighted by atomic mass is 35.5. The lowest BCUT2D eigenvalue weighted by Crippen LogP contribution is -2.20. The first-order valence-electron chi connectivity index (χ1n) is 9.84. The first-order chi connectivity index (χ1) is 13.2. The third kappa shape index (κ3) is 5.82. The van der Waals surface area contributed by atoms with Crippen LogP contribution in [0.1, 0.15) is 47.5 Å². The predicted molar refractivity (Wildman–Crippen MR) is 116 cm³/mol. The molecule has 0 atom stereocenters. The molecule has 1 fully saturated rings. The van der Waals surface area contributed by atoms with Gasteiger partial charge in [0.1, 0.15) is 5.75 Å². The molecule has 0 spiro atoms. The number of hydrogen-bond donors (Lipinski definition) is 0. The molecule has 2 aromatic carbocycles. The van der Waals surface area contributed by atoms with E-state index < -0.39 is 8.80 Å². The Kier molecular flexibility index (Phi) is 7.31. The molecule has 0 unspecified atom stereocenters. The normalized spacial score (nSPS) is 19.4. The Morgan fingerprint density at radius 3 is 2.41 bits per heavy atom. The van der Waals surface area contributed by atoms with Crippen molar-refractivity contribution in [1.29, 1.82) is 0 Å². The van der Waals surface area contributed by atoms with Crippen LogP contribution in [0.15, 0.2) is 61.2 Å². The fourth-order valence-electron chi connectivity index (χ4n) is 3.90. The Morgan fingerprint density at radius 1 is 1.11 bits per heavy atom. The Labute approximate surface area is 168 Å². The summed E-state index contributed by atoms with van der Waals surface area (Å²) in [5, 5.41) is 0.623. The third-order valence-corrected chi connectivity index (χ3v) is 9.29. The molecule has 0 aromatic heterocycles. The van der Waals surface area contributed by atoms with Gasteiger partial charge in [-0.25, -0.2) is 4.79 Å². The van der Waals surface area contributed by atoms with E-state index in [1.807, 2.05) is 18.2 Å². The summed E-state index contributed by atoms with van der Waals surface area (Å²) in [6.07, 6.45) is 7.15. The number of unbranched alkanes of at least 4 members (excludes halogenated alkanes) is 1. The average molecular weight is 399 g/mol. The van der Waals surface area contributed by atoms with E-state index in [9.17, 15) is 4.79 Å². The SMILES string of the molecule is C=CCCC[Si@H]1CC[C@H](c2ccc(C(=O)Oc3ccc(Cl)cc3)cc2)CC1. The second-order valence-electron chi connectivity index (χ2n) is 7.40. The fraction of sp³-hybridized carbons (Fsp3) is 0.348. The molecule has 0 N–H and O–H groups in total. The molecule has 27 heavy (non-hydrogen) atoms. The van der Waals surface area contributed by atoms with E-state index in [-0.39, 0.29) is 5.97 Å². The summed E-state index contributed by atoms with van der Waals surface area (Å²) in [7, 11) is -0.521. The Balaban J connectivity index is 1.52. The zero-order valence-corrected chi connectivity index (χ0v) is 17.6. The van der Waals surface area contributed by atoms with Gasteiger partial charge in [0.25, 0.3) is 0 Å². The predicted octanol–water partition coefficient (Wildman–Crippen LogP) is 6.63. The molecule has 0 saturated carbocycles. The molecule has 1 heterocycles. The quantitative estimate of drug-likeness (QED) is 0.172. The molecule has 1 saturated heterocycles. The van der Waals surface area contributed by atoms with Crippen LogP contribution in [-0.2, 0) is 0 Å². The fourth-order valence-corrected chi connectivity index (χ4v) is 7.45. The van der Waals surface area contributed by atoms with E-state index in [1.54, 1.807) is 24.3 Å². The van der Waals surface area contributed by atoms with Crippen LogP contribution in [0.4, 0.5) is 0 Å². The van der Waals surface area contributed by atoms with Crippen molar-refractivity contribution in [2.45, 2.75) is 49.7 Å². The second kappa shape index (κ2) is 9.91. The number of benzene rings is 2. The number of halogens is 1. The summed E-state index contributed by atoms with van der Waals surface area (Å²) in [6, 6.07) is 19.2. The number of carbonyl (C=O) groups is 1. The van der Waals surface area contributed by atoms with Gasteiger partial charge in [-0.1, -0.05) is 54.4 Å². The number of esters is 1. The Bertz CT molecular complexity index is 747. The van der Waals surface area contributed by atoms with Gasteiger partial charge in [-0.2, -0.15) is 0 Å². The minimum Gasteiger partial charge on any atom is -0.423 e. The van der Waals surface area contributed by atoms with Crippen LogP contribution in [0.5, 0.6) is 5.75 Å². The summed E-state index contributed by atoms with van der Waals surface area (Å²) in [5.41, 5.74) is 1.94. The van der Waals surface area contributed by atoms with Crippen LogP contribution >= 0.6 is 11.6 Å². The zero-order valence-electron chi connectivity index (χ0n) is 15.7. The number of allylic oxidation sites excluding steroid dienone is 1. The number of ether oxygens (including phenoxy) is 1. The van der Waals surface area contributed by atoms with E-state index in [0.717, 1.165) is 0 Å². The van der Waals surface area contributed by atoms with Gasteiger partial charge >= 0.3 is 5.97 Å². The molecule has 0 bridgehead atoms. The van der Waals surface area contributed by atoms with Crippen molar-refractivity contribution < 1.29 is 9.53 Å². The molecular formula is C23H27ClO2Si. The standard InChI is InChI=1S/C23H27ClO2Si/c1-2-3-4-15-27-16-13-19(14-17-27)18-5-7-20(8-6-18)23(25)26-22-11-9-21(24)10-12-22/h2,5-12,19,27H,1,3-4,13-17H2/t19-,27-. The maximum atomic E-state index is 12.3. The number of hydrogen-bond acceptors (Lipinski definition) is 2. The first kappa shape index (κ1) is 19.9. The van der Waals surface area contributed by atoms with Crippen LogP contribution in [0.3, 0.4) is 0 Å². The smallest absolute Gasteiger partial charge is 0.343 e. The number of rotatable bonds is 7. The molecule has 2 nitrogen and oxygen atoms in total. The summed E-state index contributed by atoms with van der Waals surface area (Å²) in [6.45, 7) is 3.82. The molecule has 0 amide bonds. The van der Waals surface area contributed by atoms with E-state index in [4.69, 9.17) is 16.3 Å². The first-order valence-corrected chi connectivity index (χ1v) is 12.7. The Hall–Kier alpha value is -1.84. The molecule has 2 aromatic rings. The van der Waals surface area contributed by atoms with Crippen LogP contribution in [0, 0.1) is 0 Å². The van der Waals surface area contributed by atoms with E-state index in [0.29, 0.717) is 22.3 Å². The lowest BCUT2D eigenvalue weighted by molar-refractivity contribution is 0.0734. The third-order valence-electron chi connectivity index (χ3n) is 5.51. The van der Waals surface area contributed by atoms with Crippen molar-refractivity contribution in [3.05, 3.63) is 77.3 Å². The summed E-state index contributed by atoms with van der Waals surface area (Å²) in [4.78, 5) is 12.3. The van der Waals surface area contributed by atoms with Crippen LogP contribution in [-0.4, -0.2) is 14.8 Å². The largest absolute Gasteiger partial charge is 0.423 e. The van der Waals surface area contributed by atoms with Crippen molar-refractivity contribution in [3.8, 4) is 5.75 Å². The van der Waals surface area contributed by atoms with Gasteiger partial charge in [-0.3, -0.25) is 0 Å². The second-order valence-corrected chi connectivity index (χ2v) is 11.3. The molecule has 4 heteroatoms. The van der Waals surface area contributed by atoms with Gasteiger partial charge in [0, 0.05) is 13.8 Å². The molecule has 3 rings (SSSR count). The van der Waals surface area contributed by atoms with Crippen LogP contribution < -0.4 is 4.74 Å². The van der Waals surface area contributed by atoms with Gasteiger partial charge in [-0.05, 0) is 67.1 Å². The highest BCUT2D eigenvalue weighted by Gasteiger charge is 2.23. The van der Waals surface area contributed by atoms with Crippen molar-refractivity contribution in [3.63, 3.8) is 0 Å². The summed E-state index contributed by atoms with van der Waals surface area (Å²) in [5.74, 6) is 0.824. The van der Waals surface area contributed by atoms with Crippen molar-refractivity contribution in [2.75, 3.05) is 0 Å². The van der Waals surface area contributed by atoms with Crippen LogP contribution in [0.25, 0.3) is 0 Å². The van der Waals surface area contributed by atoms with Gasteiger partial charge in [-0.15, -0.1) is 6.58 Å². The maximum Gasteiger partial charge on any atom is 0.343 e. The topological polar surface area (TPSA) is 26.3 Å². The van der Waals surface area contributed by atoms with Gasteiger partial charge in [0.15, 0.2) is 0 Å². The minimum atomic E-state index is -0.521. The van der Waals surface area contributed by atoms with Crippen molar-refractivity contribution in [2.24, 2.45) is 0 Å². The molecule has 1 aliphatic heterocycles.